The van der Waals surface area contributed by atoms with Gasteiger partial charge in [-0.05, 0) is 42.5 Å². The lowest BCUT2D eigenvalue weighted by Crippen LogP contribution is -2.27. The Balaban J connectivity index is 1.61. The summed E-state index contributed by atoms with van der Waals surface area (Å²) in [5.74, 6) is -0.793. The second-order valence-electron chi connectivity index (χ2n) is 6.35. The largest absolute Gasteiger partial charge is 0.478 e. The number of carboxylic acids is 1. The molecule has 0 spiro atoms. The number of nitro groups is 1. The maximum atomic E-state index is 12.9. The normalized spacial score (nSPS) is 15.0. The van der Waals surface area contributed by atoms with Crippen molar-refractivity contribution in [3.05, 3.63) is 87.0 Å². The van der Waals surface area contributed by atoms with Crippen LogP contribution >= 0.6 is 24.0 Å². The van der Waals surface area contributed by atoms with E-state index in [4.69, 9.17) is 21.7 Å². The molecule has 1 aliphatic heterocycles. The Morgan fingerprint density at radius 1 is 1.13 bits per heavy atom. The zero-order valence-electron chi connectivity index (χ0n) is 15.6. The van der Waals surface area contributed by atoms with Crippen LogP contribution in [0.3, 0.4) is 0 Å². The number of rotatable bonds is 5. The number of nitrogens with zero attached hydrogens (tertiary/aromatic N) is 2. The molecule has 1 fully saturated rings. The molecule has 1 aliphatic rings. The van der Waals surface area contributed by atoms with Crippen LogP contribution in [0.2, 0.25) is 0 Å². The van der Waals surface area contributed by atoms with Gasteiger partial charge in [-0.2, -0.15) is 0 Å². The fraction of sp³-hybridized carbons (Fsp3) is 0. The van der Waals surface area contributed by atoms with Crippen LogP contribution in [0.15, 0.2) is 70.0 Å². The van der Waals surface area contributed by atoms with Gasteiger partial charge in [-0.3, -0.25) is 19.8 Å². The standard InChI is InChI=1S/C21H12N2O6S2/c24-19-18(31-21(30)22(19)13-7-5-12(6-8-13)20(25)26)11-14-9-10-17(29-14)15-3-1-2-4-16(15)23(27)28/h1-11H,(H,25,26)/b18-11-. The van der Waals surface area contributed by atoms with Gasteiger partial charge in [-0.25, -0.2) is 4.79 Å². The van der Waals surface area contributed by atoms with Crippen molar-refractivity contribution in [1.29, 1.82) is 0 Å². The topological polar surface area (TPSA) is 114 Å². The summed E-state index contributed by atoms with van der Waals surface area (Å²) in [7, 11) is 0. The molecule has 1 aromatic heterocycles. The van der Waals surface area contributed by atoms with E-state index in [2.05, 4.69) is 0 Å². The summed E-state index contributed by atoms with van der Waals surface area (Å²) in [6.45, 7) is 0. The van der Waals surface area contributed by atoms with Crippen LogP contribution in [0, 0.1) is 10.1 Å². The minimum atomic E-state index is -1.07. The molecule has 154 valence electrons. The number of para-hydroxylation sites is 1. The molecule has 0 bridgehead atoms. The van der Waals surface area contributed by atoms with Crippen molar-refractivity contribution in [1.82, 2.24) is 0 Å². The molecule has 0 atom stereocenters. The van der Waals surface area contributed by atoms with E-state index in [0.29, 0.717) is 32.0 Å². The second kappa shape index (κ2) is 8.17. The van der Waals surface area contributed by atoms with Crippen LogP contribution in [0.1, 0.15) is 16.1 Å². The lowest BCUT2D eigenvalue weighted by Gasteiger charge is -2.14. The molecule has 0 unspecified atom stereocenters. The smallest absolute Gasteiger partial charge is 0.335 e. The number of nitro benzene ring substituents is 1. The van der Waals surface area contributed by atoms with Crippen LogP contribution in [0.5, 0.6) is 0 Å². The van der Waals surface area contributed by atoms with Crippen LogP contribution in [0.25, 0.3) is 17.4 Å². The predicted molar refractivity (Wildman–Crippen MR) is 120 cm³/mol. The number of furan rings is 1. The first-order chi connectivity index (χ1) is 14.8. The van der Waals surface area contributed by atoms with Crippen molar-refractivity contribution in [2.75, 3.05) is 4.90 Å². The molecule has 10 heteroatoms. The molecule has 2 aromatic carbocycles. The van der Waals surface area contributed by atoms with Crippen molar-refractivity contribution in [3.8, 4) is 11.3 Å². The summed E-state index contributed by atoms with van der Waals surface area (Å²) in [5, 5.41) is 20.3. The van der Waals surface area contributed by atoms with E-state index >= 15 is 0 Å². The number of amides is 1. The number of thioether (sulfide) groups is 1. The van der Waals surface area contributed by atoms with E-state index in [1.165, 1.54) is 41.3 Å². The summed E-state index contributed by atoms with van der Waals surface area (Å²) < 4.78 is 6.01. The Hall–Kier alpha value is -3.76. The zero-order chi connectivity index (χ0) is 22.1. The monoisotopic (exact) mass is 452 g/mol. The number of carbonyl (C=O) groups excluding carboxylic acids is 1. The highest BCUT2D eigenvalue weighted by molar-refractivity contribution is 8.27. The van der Waals surface area contributed by atoms with Crippen LogP contribution in [0.4, 0.5) is 11.4 Å². The molecule has 1 amide bonds. The van der Waals surface area contributed by atoms with E-state index in [1.54, 1.807) is 30.3 Å². The summed E-state index contributed by atoms with van der Waals surface area (Å²) in [6.07, 6.45) is 1.52. The third kappa shape index (κ3) is 3.98. The minimum absolute atomic E-state index is 0.0838. The zero-order valence-corrected chi connectivity index (χ0v) is 17.2. The van der Waals surface area contributed by atoms with Crippen LogP contribution < -0.4 is 4.90 Å². The summed E-state index contributed by atoms with van der Waals surface area (Å²) in [4.78, 5) is 36.3. The molecule has 8 nitrogen and oxygen atoms in total. The first kappa shape index (κ1) is 20.5. The van der Waals surface area contributed by atoms with Gasteiger partial charge in [0.25, 0.3) is 11.6 Å². The number of aromatic carboxylic acids is 1. The Kier molecular flexibility index (Phi) is 5.40. The quantitative estimate of drug-likeness (QED) is 0.250. The van der Waals surface area contributed by atoms with E-state index in [-0.39, 0.29) is 17.2 Å². The molecule has 2 heterocycles. The predicted octanol–water partition coefficient (Wildman–Crippen LogP) is 4.96. The second-order valence-corrected chi connectivity index (χ2v) is 8.02. The van der Waals surface area contributed by atoms with Gasteiger partial charge >= 0.3 is 5.97 Å². The molecule has 0 saturated carbocycles. The Morgan fingerprint density at radius 2 is 1.84 bits per heavy atom. The molecule has 4 rings (SSSR count). The number of carbonyl (C=O) groups is 2. The Labute approximate surface area is 184 Å². The van der Waals surface area contributed by atoms with E-state index in [1.807, 2.05) is 0 Å². The average Bonchev–Trinajstić information content (AvgIpc) is 3.32. The van der Waals surface area contributed by atoms with E-state index in [9.17, 15) is 19.7 Å². The molecule has 1 N–H and O–H groups in total. The van der Waals surface area contributed by atoms with Gasteiger partial charge in [0.1, 0.15) is 11.5 Å². The number of carboxylic acid groups (broad SMARTS) is 1. The molecule has 0 aliphatic carbocycles. The fourth-order valence-corrected chi connectivity index (χ4v) is 4.27. The first-order valence-electron chi connectivity index (χ1n) is 8.80. The summed E-state index contributed by atoms with van der Waals surface area (Å²) in [6, 6.07) is 15.2. The fourth-order valence-electron chi connectivity index (χ4n) is 2.99. The van der Waals surface area contributed by atoms with Crippen molar-refractivity contribution in [2.24, 2.45) is 0 Å². The van der Waals surface area contributed by atoms with E-state index < -0.39 is 10.9 Å². The highest BCUT2D eigenvalue weighted by Crippen LogP contribution is 2.37. The molecule has 1 saturated heterocycles. The number of benzene rings is 2. The van der Waals surface area contributed by atoms with Crippen LogP contribution in [-0.4, -0.2) is 26.2 Å². The van der Waals surface area contributed by atoms with Gasteiger partial charge < -0.3 is 9.52 Å². The molecular weight excluding hydrogens is 440 g/mol. The molecular formula is C21H12N2O6S2. The summed E-state index contributed by atoms with van der Waals surface area (Å²) >= 11 is 6.39. The Bertz CT molecular complexity index is 1260. The molecule has 31 heavy (non-hydrogen) atoms. The van der Waals surface area contributed by atoms with E-state index in [0.717, 1.165) is 11.8 Å². The van der Waals surface area contributed by atoms with Gasteiger partial charge in [0, 0.05) is 12.1 Å². The van der Waals surface area contributed by atoms with Gasteiger partial charge in [0.2, 0.25) is 0 Å². The van der Waals surface area contributed by atoms with Crippen molar-refractivity contribution >= 4 is 57.6 Å². The van der Waals surface area contributed by atoms with Gasteiger partial charge in [-0.15, -0.1) is 0 Å². The lowest BCUT2D eigenvalue weighted by atomic mass is 10.1. The van der Waals surface area contributed by atoms with Gasteiger partial charge in [0.05, 0.1) is 26.6 Å². The highest BCUT2D eigenvalue weighted by atomic mass is 32.2. The molecule has 0 radical (unpaired) electrons. The number of anilines is 1. The van der Waals surface area contributed by atoms with Crippen molar-refractivity contribution < 1.29 is 24.0 Å². The maximum Gasteiger partial charge on any atom is 0.335 e. The van der Waals surface area contributed by atoms with Crippen molar-refractivity contribution in [3.63, 3.8) is 0 Å². The Morgan fingerprint density at radius 3 is 2.52 bits per heavy atom. The number of hydrogen-bond donors (Lipinski definition) is 1. The average molecular weight is 452 g/mol. The third-order valence-corrected chi connectivity index (χ3v) is 5.73. The lowest BCUT2D eigenvalue weighted by molar-refractivity contribution is -0.384. The number of thiocarbonyl (C=S) groups is 1. The number of hydrogen-bond acceptors (Lipinski definition) is 7. The van der Waals surface area contributed by atoms with Gasteiger partial charge in [0.15, 0.2) is 4.32 Å². The molecule has 3 aromatic rings. The maximum absolute atomic E-state index is 12.9. The highest BCUT2D eigenvalue weighted by Gasteiger charge is 2.33. The SMILES string of the molecule is O=C(O)c1ccc(N2C(=O)/C(=C/c3ccc(-c4ccccc4[N+](=O)[O-])o3)SC2=S)cc1. The van der Waals surface area contributed by atoms with Crippen molar-refractivity contribution in [2.45, 2.75) is 0 Å². The van der Waals surface area contributed by atoms with Crippen LogP contribution in [-0.2, 0) is 4.79 Å². The van der Waals surface area contributed by atoms with Gasteiger partial charge in [-0.1, -0.05) is 36.1 Å². The summed E-state index contributed by atoms with van der Waals surface area (Å²) in [5.41, 5.74) is 0.802. The minimum Gasteiger partial charge on any atom is -0.478 e. The first-order valence-corrected chi connectivity index (χ1v) is 10.0. The third-order valence-electron chi connectivity index (χ3n) is 4.43.